The molecule has 2 N–H and O–H groups in total. The normalized spacial score (nSPS) is 11.6. The third-order valence-corrected chi connectivity index (χ3v) is 6.23. The van der Waals surface area contributed by atoms with Gasteiger partial charge in [-0.25, -0.2) is 8.42 Å². The summed E-state index contributed by atoms with van der Waals surface area (Å²) in [5.74, 6) is 0.337. The average Bonchev–Trinajstić information content (AvgIpc) is 2.74. The maximum absolute atomic E-state index is 12.7. The van der Waals surface area contributed by atoms with E-state index in [-0.39, 0.29) is 16.2 Å². The second kappa shape index (κ2) is 9.44. The zero-order valence-corrected chi connectivity index (χ0v) is 19.5. The van der Waals surface area contributed by atoms with Crippen molar-refractivity contribution >= 4 is 27.3 Å². The molecule has 0 aliphatic heterocycles. The molecule has 0 aliphatic rings. The van der Waals surface area contributed by atoms with E-state index in [2.05, 4.69) is 30.8 Å². The Morgan fingerprint density at radius 2 is 1.53 bits per heavy atom. The molecule has 3 aromatic carbocycles. The summed E-state index contributed by atoms with van der Waals surface area (Å²) in [6.07, 6.45) is 0. The minimum absolute atomic E-state index is 0.00381. The van der Waals surface area contributed by atoms with Crippen molar-refractivity contribution in [3.8, 4) is 5.75 Å². The standard InChI is InChI=1S/C25H28N2O4S/c1-5-31-22-13-15-23(16-14-22)32(29,30)27-21-8-6-7-20(17-21)26-24(28)18-9-11-19(12-10-18)25(2,3)4/h6-17,27H,5H2,1-4H3,(H,26,28). The van der Waals surface area contributed by atoms with Gasteiger partial charge >= 0.3 is 0 Å². The highest BCUT2D eigenvalue weighted by Crippen LogP contribution is 2.24. The number of ether oxygens (including phenoxy) is 1. The van der Waals surface area contributed by atoms with Crippen LogP contribution in [0.3, 0.4) is 0 Å². The van der Waals surface area contributed by atoms with Crippen LogP contribution in [-0.2, 0) is 15.4 Å². The van der Waals surface area contributed by atoms with E-state index in [9.17, 15) is 13.2 Å². The summed E-state index contributed by atoms with van der Waals surface area (Å²) in [5, 5.41) is 2.81. The molecule has 0 aromatic heterocycles. The number of amides is 1. The van der Waals surface area contributed by atoms with E-state index >= 15 is 0 Å². The molecular weight excluding hydrogens is 424 g/mol. The first kappa shape index (κ1) is 23.3. The van der Waals surface area contributed by atoms with E-state index in [0.717, 1.165) is 5.56 Å². The van der Waals surface area contributed by atoms with Crippen LogP contribution in [0.25, 0.3) is 0 Å². The number of rotatable bonds is 7. The minimum Gasteiger partial charge on any atom is -0.494 e. The van der Waals surface area contributed by atoms with Crippen LogP contribution >= 0.6 is 0 Å². The summed E-state index contributed by atoms with van der Waals surface area (Å²) < 4.78 is 33.3. The minimum atomic E-state index is -3.78. The van der Waals surface area contributed by atoms with Gasteiger partial charge in [-0.15, -0.1) is 0 Å². The third-order valence-electron chi connectivity index (χ3n) is 4.83. The van der Waals surface area contributed by atoms with Crippen molar-refractivity contribution in [2.75, 3.05) is 16.6 Å². The molecule has 0 spiro atoms. The molecule has 0 bridgehead atoms. The summed E-state index contributed by atoms with van der Waals surface area (Å²) in [4.78, 5) is 12.7. The number of benzene rings is 3. The molecule has 0 atom stereocenters. The summed E-state index contributed by atoms with van der Waals surface area (Å²) in [6, 6.07) is 20.2. The van der Waals surface area contributed by atoms with E-state index in [4.69, 9.17) is 4.74 Å². The molecule has 32 heavy (non-hydrogen) atoms. The molecule has 6 nitrogen and oxygen atoms in total. The number of nitrogens with one attached hydrogen (secondary N) is 2. The monoisotopic (exact) mass is 452 g/mol. The fourth-order valence-electron chi connectivity index (χ4n) is 3.08. The number of carbonyl (C=O) groups is 1. The van der Waals surface area contributed by atoms with Crippen molar-refractivity contribution < 1.29 is 17.9 Å². The molecular formula is C25H28N2O4S. The number of hydrogen-bond acceptors (Lipinski definition) is 4. The largest absolute Gasteiger partial charge is 0.494 e. The van der Waals surface area contributed by atoms with Gasteiger partial charge in [0.25, 0.3) is 15.9 Å². The number of anilines is 2. The number of carbonyl (C=O) groups excluding carboxylic acids is 1. The second-order valence-corrected chi connectivity index (χ2v) is 10.1. The van der Waals surface area contributed by atoms with Crippen molar-refractivity contribution in [2.24, 2.45) is 0 Å². The van der Waals surface area contributed by atoms with Crippen LogP contribution in [0.5, 0.6) is 5.75 Å². The lowest BCUT2D eigenvalue weighted by Crippen LogP contribution is -2.15. The first-order valence-corrected chi connectivity index (χ1v) is 11.8. The fourth-order valence-corrected chi connectivity index (χ4v) is 4.13. The molecule has 3 aromatic rings. The maximum Gasteiger partial charge on any atom is 0.261 e. The first-order chi connectivity index (χ1) is 15.1. The van der Waals surface area contributed by atoms with E-state index in [1.165, 1.54) is 12.1 Å². The summed E-state index contributed by atoms with van der Waals surface area (Å²) in [7, 11) is -3.78. The molecule has 0 saturated heterocycles. The predicted molar refractivity (Wildman–Crippen MR) is 128 cm³/mol. The average molecular weight is 453 g/mol. The van der Waals surface area contributed by atoms with Gasteiger partial charge in [0.05, 0.1) is 17.2 Å². The Labute approximate surface area is 189 Å². The Balaban J connectivity index is 1.71. The Morgan fingerprint density at radius 3 is 2.12 bits per heavy atom. The van der Waals surface area contributed by atoms with Crippen LogP contribution in [0.15, 0.2) is 77.7 Å². The van der Waals surface area contributed by atoms with Gasteiger partial charge in [0, 0.05) is 11.3 Å². The van der Waals surface area contributed by atoms with Crippen LogP contribution in [0, 0.1) is 0 Å². The first-order valence-electron chi connectivity index (χ1n) is 10.4. The summed E-state index contributed by atoms with van der Waals surface area (Å²) in [5.41, 5.74) is 2.50. The number of hydrogen-bond donors (Lipinski definition) is 2. The number of sulfonamides is 1. The highest BCUT2D eigenvalue weighted by Gasteiger charge is 2.16. The van der Waals surface area contributed by atoms with Crippen molar-refractivity contribution in [3.63, 3.8) is 0 Å². The van der Waals surface area contributed by atoms with E-state index < -0.39 is 10.0 Å². The molecule has 3 rings (SSSR count). The highest BCUT2D eigenvalue weighted by molar-refractivity contribution is 7.92. The van der Waals surface area contributed by atoms with Crippen LogP contribution < -0.4 is 14.8 Å². The fraction of sp³-hybridized carbons (Fsp3) is 0.240. The quantitative estimate of drug-likeness (QED) is 0.500. The molecule has 0 saturated carbocycles. The zero-order chi connectivity index (χ0) is 23.4. The van der Waals surface area contributed by atoms with Crippen molar-refractivity contribution in [2.45, 2.75) is 38.0 Å². The van der Waals surface area contributed by atoms with E-state index in [1.807, 2.05) is 19.1 Å². The van der Waals surface area contributed by atoms with Gasteiger partial charge in [-0.05, 0) is 72.5 Å². The van der Waals surface area contributed by atoms with Crippen molar-refractivity contribution in [1.29, 1.82) is 0 Å². The van der Waals surface area contributed by atoms with Crippen LogP contribution in [0.2, 0.25) is 0 Å². The Bertz CT molecular complexity index is 1180. The maximum atomic E-state index is 12.7. The van der Waals surface area contributed by atoms with Crippen molar-refractivity contribution in [3.05, 3.63) is 83.9 Å². The molecule has 0 radical (unpaired) electrons. The zero-order valence-electron chi connectivity index (χ0n) is 18.7. The smallest absolute Gasteiger partial charge is 0.261 e. The lowest BCUT2D eigenvalue weighted by Gasteiger charge is -2.19. The SMILES string of the molecule is CCOc1ccc(S(=O)(=O)Nc2cccc(NC(=O)c3ccc(C(C)(C)C)cc3)c2)cc1. The van der Waals surface area contributed by atoms with Gasteiger partial charge in [-0.3, -0.25) is 9.52 Å². The van der Waals surface area contributed by atoms with Crippen LogP contribution in [0.4, 0.5) is 11.4 Å². The molecule has 0 heterocycles. The van der Waals surface area contributed by atoms with Gasteiger partial charge in [0.15, 0.2) is 0 Å². The molecule has 7 heteroatoms. The van der Waals surface area contributed by atoms with Gasteiger partial charge in [0.2, 0.25) is 0 Å². The van der Waals surface area contributed by atoms with Gasteiger partial charge in [0.1, 0.15) is 5.75 Å². The van der Waals surface area contributed by atoms with Gasteiger partial charge < -0.3 is 10.1 Å². The highest BCUT2D eigenvalue weighted by atomic mass is 32.2. The van der Waals surface area contributed by atoms with Crippen LogP contribution in [-0.4, -0.2) is 20.9 Å². The van der Waals surface area contributed by atoms with Crippen LogP contribution in [0.1, 0.15) is 43.6 Å². The summed E-state index contributed by atoms with van der Waals surface area (Å²) >= 11 is 0. The Morgan fingerprint density at radius 1 is 0.906 bits per heavy atom. The lowest BCUT2D eigenvalue weighted by molar-refractivity contribution is 0.102. The van der Waals surface area contributed by atoms with Crippen molar-refractivity contribution in [1.82, 2.24) is 0 Å². The molecule has 1 amide bonds. The van der Waals surface area contributed by atoms with Gasteiger partial charge in [-0.2, -0.15) is 0 Å². The molecule has 0 fully saturated rings. The van der Waals surface area contributed by atoms with E-state index in [0.29, 0.717) is 29.3 Å². The predicted octanol–water partition coefficient (Wildman–Crippen LogP) is 5.44. The molecule has 0 unspecified atom stereocenters. The Hall–Kier alpha value is -3.32. The third kappa shape index (κ3) is 5.88. The molecule has 168 valence electrons. The van der Waals surface area contributed by atoms with Gasteiger partial charge in [-0.1, -0.05) is 39.0 Å². The summed E-state index contributed by atoms with van der Waals surface area (Å²) in [6.45, 7) is 8.70. The topological polar surface area (TPSA) is 84.5 Å². The van der Waals surface area contributed by atoms with E-state index in [1.54, 1.807) is 48.5 Å². The lowest BCUT2D eigenvalue weighted by atomic mass is 9.87. The molecule has 0 aliphatic carbocycles. The Kier molecular flexibility index (Phi) is 6.89. The second-order valence-electron chi connectivity index (χ2n) is 8.37.